The lowest BCUT2D eigenvalue weighted by molar-refractivity contribution is -0.137. The van der Waals surface area contributed by atoms with Crippen LogP contribution in [0.15, 0.2) is 23.8 Å². The van der Waals surface area contributed by atoms with E-state index in [1.54, 1.807) is 5.57 Å². The summed E-state index contributed by atoms with van der Waals surface area (Å²) in [6.07, 6.45) is 38.4. The van der Waals surface area contributed by atoms with Crippen LogP contribution in [0.1, 0.15) is 195 Å². The number of rotatable bonds is 22. The van der Waals surface area contributed by atoms with Gasteiger partial charge >= 0.3 is 5.97 Å². The van der Waals surface area contributed by atoms with Crippen LogP contribution in [0.4, 0.5) is 0 Å². The Kier molecular flexibility index (Phi) is 16.1. The maximum atomic E-state index is 11.8. The van der Waals surface area contributed by atoms with Gasteiger partial charge in [-0.05, 0) is 129 Å². The van der Waals surface area contributed by atoms with Crippen LogP contribution in [-0.2, 0) is 4.79 Å². The Morgan fingerprint density at radius 1 is 0.792 bits per heavy atom. The quantitative estimate of drug-likeness (QED) is 0.0893. The van der Waals surface area contributed by atoms with Gasteiger partial charge in [0.25, 0.3) is 0 Å². The number of hydrogen-bond donors (Lipinski definition) is 2. The number of carboxylic acids is 1. The molecule has 0 aliphatic heterocycles. The average Bonchev–Trinajstić information content (AvgIpc) is 3.40. The fraction of sp³-hybridized carbons (Fsp3) is 0.889. The van der Waals surface area contributed by atoms with E-state index in [9.17, 15) is 9.90 Å². The van der Waals surface area contributed by atoms with Crippen LogP contribution in [-0.4, -0.2) is 22.3 Å². The zero-order chi connectivity index (χ0) is 34.6. The highest BCUT2D eigenvalue weighted by Crippen LogP contribution is 2.67. The second-order valence-electron chi connectivity index (χ2n) is 18.4. The molecule has 48 heavy (non-hydrogen) atoms. The number of aliphatic hydroxyl groups excluding tert-OH is 1. The van der Waals surface area contributed by atoms with Crippen molar-refractivity contribution in [2.75, 3.05) is 0 Å². The smallest absolute Gasteiger partial charge is 0.303 e. The number of fused-ring (bicyclic) bond motifs is 5. The molecule has 0 aromatic rings. The van der Waals surface area contributed by atoms with E-state index in [-0.39, 0.29) is 6.10 Å². The van der Waals surface area contributed by atoms with Gasteiger partial charge in [-0.1, -0.05) is 135 Å². The largest absolute Gasteiger partial charge is 0.481 e. The minimum atomic E-state index is -0.664. The zero-order valence-corrected chi connectivity index (χ0v) is 32.3. The molecule has 0 amide bonds. The summed E-state index contributed by atoms with van der Waals surface area (Å²) in [5.74, 6) is 4.56. The van der Waals surface area contributed by atoms with Crippen molar-refractivity contribution in [2.45, 2.75) is 201 Å². The van der Waals surface area contributed by atoms with Crippen LogP contribution in [0.3, 0.4) is 0 Å². The van der Waals surface area contributed by atoms with Gasteiger partial charge in [-0.25, -0.2) is 0 Å². The summed E-state index contributed by atoms with van der Waals surface area (Å²) in [6.45, 7) is 12.6. The first-order chi connectivity index (χ1) is 23.1. The molecule has 4 aliphatic rings. The second-order valence-corrected chi connectivity index (χ2v) is 18.4. The summed E-state index contributed by atoms with van der Waals surface area (Å²) >= 11 is 0. The topological polar surface area (TPSA) is 57.5 Å². The Balaban J connectivity index is 1.11. The predicted molar refractivity (Wildman–Crippen MR) is 204 cm³/mol. The minimum absolute atomic E-state index is 0.215. The van der Waals surface area contributed by atoms with Crippen LogP contribution >= 0.6 is 0 Å². The summed E-state index contributed by atoms with van der Waals surface area (Å²) < 4.78 is 0. The molecule has 4 aliphatic carbocycles. The highest BCUT2D eigenvalue weighted by atomic mass is 16.4. The van der Waals surface area contributed by atoms with E-state index in [0.29, 0.717) is 35.0 Å². The lowest BCUT2D eigenvalue weighted by Crippen LogP contribution is -2.54. The van der Waals surface area contributed by atoms with Crippen molar-refractivity contribution in [2.24, 2.45) is 52.3 Å². The summed E-state index contributed by atoms with van der Waals surface area (Å²) in [7, 11) is 0. The highest BCUT2D eigenvalue weighted by molar-refractivity contribution is 5.66. The molecule has 0 radical (unpaired) electrons. The summed E-state index contributed by atoms with van der Waals surface area (Å²) in [4.78, 5) is 10.6. The number of aliphatic hydroxyl groups is 1. The van der Waals surface area contributed by atoms with Crippen molar-refractivity contribution in [1.29, 1.82) is 0 Å². The summed E-state index contributed by atoms with van der Waals surface area (Å²) in [5, 5.41) is 20.5. The van der Waals surface area contributed by atoms with E-state index in [1.807, 2.05) is 0 Å². The maximum absolute atomic E-state index is 11.8. The van der Waals surface area contributed by atoms with Crippen molar-refractivity contribution in [3.05, 3.63) is 23.8 Å². The molecular formula is C45H78O3. The van der Waals surface area contributed by atoms with E-state index < -0.39 is 5.97 Å². The van der Waals surface area contributed by atoms with Gasteiger partial charge in [0, 0.05) is 6.42 Å². The molecule has 3 saturated carbocycles. The molecule has 0 aromatic carbocycles. The zero-order valence-electron chi connectivity index (χ0n) is 32.3. The molecule has 0 spiro atoms. The molecule has 0 aromatic heterocycles. The first-order valence-corrected chi connectivity index (χ1v) is 21.3. The third-order valence-electron chi connectivity index (χ3n) is 14.6. The Morgan fingerprint density at radius 3 is 2.10 bits per heavy atom. The first kappa shape index (κ1) is 39.7. The van der Waals surface area contributed by atoms with Gasteiger partial charge < -0.3 is 10.2 Å². The van der Waals surface area contributed by atoms with E-state index in [2.05, 4.69) is 52.8 Å². The van der Waals surface area contributed by atoms with Crippen molar-refractivity contribution in [1.82, 2.24) is 0 Å². The third-order valence-corrected chi connectivity index (χ3v) is 14.6. The van der Waals surface area contributed by atoms with Crippen molar-refractivity contribution >= 4 is 5.97 Å². The van der Waals surface area contributed by atoms with Crippen molar-refractivity contribution in [3.63, 3.8) is 0 Å². The SMILES string of the molecule is CC(C)CCC[C@@H](C)[C@H]1CCC2C3C(CC[C@@]21C)[C@@]1(C)CC[C@H](CCCCCCCCC=CCCCCCCCC(=O)O)CC1=C[C@@H]3O. The molecule has 3 nitrogen and oxygen atoms in total. The molecule has 9 atom stereocenters. The van der Waals surface area contributed by atoms with Gasteiger partial charge in [-0.3, -0.25) is 4.79 Å². The molecule has 3 unspecified atom stereocenters. The van der Waals surface area contributed by atoms with Gasteiger partial charge in [0.2, 0.25) is 0 Å². The standard InChI is InChI=1S/C45H78O3/c1-34(2)22-21-23-35(3)38-26-27-39-43-40(29-31-45(38,39)5)44(4)30-28-36(32-37(44)33-41(43)46)24-19-17-15-13-11-9-7-6-8-10-12-14-16-18-20-25-42(47)48/h6,8,33-36,38-41,43,46H,7,9-32H2,1-5H3,(H,47,48)/t35-,36+,38-,39?,40?,41+,43?,44+,45-/m1/s1. The molecular weight excluding hydrogens is 588 g/mol. The van der Waals surface area contributed by atoms with E-state index in [4.69, 9.17) is 5.11 Å². The second kappa shape index (κ2) is 19.5. The molecule has 2 N–H and O–H groups in total. The Bertz CT molecular complexity index is 1010. The normalized spacial score (nSPS) is 33.8. The van der Waals surface area contributed by atoms with Crippen LogP contribution in [0, 0.1) is 52.3 Å². The fourth-order valence-electron chi connectivity index (χ4n) is 11.7. The third kappa shape index (κ3) is 10.7. The number of carboxylic acid groups (broad SMARTS) is 1. The first-order valence-electron chi connectivity index (χ1n) is 21.3. The van der Waals surface area contributed by atoms with Crippen LogP contribution < -0.4 is 0 Å². The van der Waals surface area contributed by atoms with Crippen LogP contribution in [0.5, 0.6) is 0 Å². The number of allylic oxidation sites excluding steroid dienone is 3. The Hall–Kier alpha value is -1.09. The minimum Gasteiger partial charge on any atom is -0.481 e. The molecule has 0 bridgehead atoms. The predicted octanol–water partition coefficient (Wildman–Crippen LogP) is 13.1. The molecule has 0 heterocycles. The van der Waals surface area contributed by atoms with E-state index >= 15 is 0 Å². The lowest BCUT2D eigenvalue weighted by atomic mass is 9.46. The molecule has 3 fully saturated rings. The van der Waals surface area contributed by atoms with Gasteiger partial charge in [0.05, 0.1) is 6.10 Å². The maximum Gasteiger partial charge on any atom is 0.303 e. The number of carbonyl (C=O) groups is 1. The van der Waals surface area contributed by atoms with Crippen molar-refractivity contribution < 1.29 is 15.0 Å². The fourth-order valence-corrected chi connectivity index (χ4v) is 11.7. The number of aliphatic carboxylic acids is 1. The summed E-state index contributed by atoms with van der Waals surface area (Å²) in [5.41, 5.74) is 2.42. The molecule has 276 valence electrons. The number of unbranched alkanes of at least 4 members (excludes halogenated alkanes) is 11. The van der Waals surface area contributed by atoms with Crippen LogP contribution in [0.2, 0.25) is 0 Å². The Labute approximate surface area is 297 Å². The van der Waals surface area contributed by atoms with Gasteiger partial charge in [0.1, 0.15) is 0 Å². The molecule has 0 saturated heterocycles. The monoisotopic (exact) mass is 667 g/mol. The van der Waals surface area contributed by atoms with E-state index in [1.165, 1.54) is 141 Å². The summed E-state index contributed by atoms with van der Waals surface area (Å²) in [6, 6.07) is 0. The van der Waals surface area contributed by atoms with Gasteiger partial charge in [-0.15, -0.1) is 0 Å². The van der Waals surface area contributed by atoms with Crippen LogP contribution in [0.25, 0.3) is 0 Å². The Morgan fingerprint density at radius 2 is 1.44 bits per heavy atom. The highest BCUT2D eigenvalue weighted by Gasteiger charge is 2.61. The van der Waals surface area contributed by atoms with Gasteiger partial charge in [-0.2, -0.15) is 0 Å². The average molecular weight is 667 g/mol. The number of hydrogen-bond acceptors (Lipinski definition) is 2. The molecule has 3 heteroatoms. The van der Waals surface area contributed by atoms with Crippen molar-refractivity contribution in [3.8, 4) is 0 Å². The van der Waals surface area contributed by atoms with E-state index in [0.717, 1.165) is 36.5 Å². The van der Waals surface area contributed by atoms with Gasteiger partial charge in [0.15, 0.2) is 0 Å². The molecule has 4 rings (SSSR count). The lowest BCUT2D eigenvalue weighted by Gasteiger charge is -2.59.